The van der Waals surface area contributed by atoms with Gasteiger partial charge in [-0.15, -0.1) is 0 Å². The minimum absolute atomic E-state index is 0.0476. The average Bonchev–Trinajstić information content (AvgIpc) is 3.16. The predicted molar refractivity (Wildman–Crippen MR) is 110 cm³/mol. The van der Waals surface area contributed by atoms with E-state index in [0.717, 1.165) is 28.5 Å². The first-order valence-electron chi connectivity index (χ1n) is 9.86. The Balaban J connectivity index is 1.35. The number of rotatable bonds is 4. The van der Waals surface area contributed by atoms with Crippen LogP contribution in [0, 0.1) is 0 Å². The maximum absolute atomic E-state index is 12.7. The van der Waals surface area contributed by atoms with E-state index in [9.17, 15) is 9.59 Å². The largest absolute Gasteiger partial charge is 0.361 e. The maximum atomic E-state index is 12.7. The number of aromatic nitrogens is 1. The highest BCUT2D eigenvalue weighted by molar-refractivity contribution is 5.94. The molecule has 0 spiro atoms. The highest BCUT2D eigenvalue weighted by Crippen LogP contribution is 2.19. The van der Waals surface area contributed by atoms with Gasteiger partial charge >= 0.3 is 0 Å². The first-order chi connectivity index (χ1) is 13.7. The van der Waals surface area contributed by atoms with Crippen molar-refractivity contribution in [3.63, 3.8) is 0 Å². The van der Waals surface area contributed by atoms with Gasteiger partial charge in [0.15, 0.2) is 0 Å². The Morgan fingerprint density at radius 2 is 1.61 bits per heavy atom. The van der Waals surface area contributed by atoms with E-state index in [0.29, 0.717) is 32.6 Å². The quantitative estimate of drug-likeness (QED) is 0.761. The molecule has 28 heavy (non-hydrogen) atoms. The molecule has 1 aliphatic heterocycles. The summed E-state index contributed by atoms with van der Waals surface area (Å²) in [6.07, 6.45) is 3.27. The molecule has 0 radical (unpaired) electrons. The molecule has 0 saturated carbocycles. The number of nitrogens with zero attached hydrogens (tertiary/aromatic N) is 2. The van der Waals surface area contributed by atoms with E-state index in [-0.39, 0.29) is 11.8 Å². The summed E-state index contributed by atoms with van der Waals surface area (Å²) in [4.78, 5) is 32.4. The molecular formula is C23H25N3O2. The van der Waals surface area contributed by atoms with E-state index < -0.39 is 0 Å². The Bertz CT molecular complexity index is 983. The SMILES string of the molecule is CCc1ccc(C(=O)N2CCN(C(=O)Cc3c[nH]c4ccccc34)CC2)cc1. The summed E-state index contributed by atoms with van der Waals surface area (Å²) in [6.45, 7) is 4.42. The van der Waals surface area contributed by atoms with Crippen molar-refractivity contribution in [2.75, 3.05) is 26.2 Å². The lowest BCUT2D eigenvalue weighted by Crippen LogP contribution is -2.51. The number of hydrogen-bond acceptors (Lipinski definition) is 2. The zero-order chi connectivity index (χ0) is 19.5. The number of carbonyl (C=O) groups is 2. The van der Waals surface area contributed by atoms with Crippen LogP contribution in [-0.4, -0.2) is 52.8 Å². The fraction of sp³-hybridized carbons (Fsp3) is 0.304. The van der Waals surface area contributed by atoms with Gasteiger partial charge < -0.3 is 14.8 Å². The van der Waals surface area contributed by atoms with Crippen molar-refractivity contribution in [1.82, 2.24) is 14.8 Å². The molecule has 1 saturated heterocycles. The van der Waals surface area contributed by atoms with Crippen LogP contribution in [0.2, 0.25) is 0 Å². The van der Waals surface area contributed by atoms with Gasteiger partial charge in [0.1, 0.15) is 0 Å². The topological polar surface area (TPSA) is 56.4 Å². The van der Waals surface area contributed by atoms with Crippen LogP contribution in [0.1, 0.15) is 28.4 Å². The highest BCUT2D eigenvalue weighted by atomic mass is 16.2. The van der Waals surface area contributed by atoms with Crippen LogP contribution in [0.3, 0.4) is 0 Å². The molecule has 5 nitrogen and oxygen atoms in total. The van der Waals surface area contributed by atoms with Crippen molar-refractivity contribution in [3.05, 3.63) is 71.4 Å². The van der Waals surface area contributed by atoms with E-state index in [2.05, 4.69) is 11.9 Å². The molecule has 1 aromatic heterocycles. The highest BCUT2D eigenvalue weighted by Gasteiger charge is 2.25. The van der Waals surface area contributed by atoms with Crippen LogP contribution < -0.4 is 0 Å². The van der Waals surface area contributed by atoms with Crippen molar-refractivity contribution in [2.24, 2.45) is 0 Å². The number of amides is 2. The lowest BCUT2D eigenvalue weighted by Gasteiger charge is -2.35. The smallest absolute Gasteiger partial charge is 0.253 e. The third-order valence-electron chi connectivity index (χ3n) is 5.55. The van der Waals surface area contributed by atoms with Crippen molar-refractivity contribution < 1.29 is 9.59 Å². The normalized spacial score (nSPS) is 14.5. The third kappa shape index (κ3) is 3.65. The third-order valence-corrected chi connectivity index (χ3v) is 5.55. The van der Waals surface area contributed by atoms with Gasteiger partial charge in [-0.1, -0.05) is 37.3 Å². The number of piperazine rings is 1. The van der Waals surface area contributed by atoms with Crippen LogP contribution in [-0.2, 0) is 17.6 Å². The van der Waals surface area contributed by atoms with Gasteiger partial charge in [-0.3, -0.25) is 9.59 Å². The van der Waals surface area contributed by atoms with Crippen LogP contribution in [0.5, 0.6) is 0 Å². The Labute approximate surface area is 165 Å². The Kier molecular flexibility index (Phi) is 5.15. The number of nitrogens with one attached hydrogen (secondary N) is 1. The lowest BCUT2D eigenvalue weighted by molar-refractivity contribution is -0.131. The molecule has 0 atom stereocenters. The van der Waals surface area contributed by atoms with Gasteiger partial charge in [-0.05, 0) is 35.7 Å². The number of para-hydroxylation sites is 1. The Morgan fingerprint density at radius 1 is 0.929 bits per heavy atom. The van der Waals surface area contributed by atoms with Gasteiger partial charge in [0, 0.05) is 48.8 Å². The average molecular weight is 375 g/mol. The molecule has 0 aliphatic carbocycles. The molecule has 1 aliphatic rings. The molecule has 2 amide bonds. The van der Waals surface area contributed by atoms with Crippen molar-refractivity contribution >= 4 is 22.7 Å². The van der Waals surface area contributed by atoms with Gasteiger partial charge in [0.2, 0.25) is 5.91 Å². The first-order valence-corrected chi connectivity index (χ1v) is 9.86. The molecule has 0 unspecified atom stereocenters. The number of carbonyl (C=O) groups excluding carboxylic acids is 2. The summed E-state index contributed by atoms with van der Waals surface area (Å²) >= 11 is 0. The second-order valence-electron chi connectivity index (χ2n) is 7.26. The Hall–Kier alpha value is -3.08. The minimum Gasteiger partial charge on any atom is -0.361 e. The maximum Gasteiger partial charge on any atom is 0.253 e. The summed E-state index contributed by atoms with van der Waals surface area (Å²) < 4.78 is 0. The van der Waals surface area contributed by atoms with Crippen LogP contribution >= 0.6 is 0 Å². The molecular weight excluding hydrogens is 350 g/mol. The van der Waals surface area contributed by atoms with Gasteiger partial charge in [-0.25, -0.2) is 0 Å². The van der Waals surface area contributed by atoms with E-state index in [1.54, 1.807) is 0 Å². The summed E-state index contributed by atoms with van der Waals surface area (Å²) in [5.41, 5.74) is 4.02. The van der Waals surface area contributed by atoms with E-state index in [1.807, 2.05) is 64.5 Å². The molecule has 4 rings (SSSR count). The zero-order valence-electron chi connectivity index (χ0n) is 16.1. The van der Waals surface area contributed by atoms with Crippen molar-refractivity contribution in [2.45, 2.75) is 19.8 Å². The first kappa shape index (κ1) is 18.3. The number of hydrogen-bond donors (Lipinski definition) is 1. The number of aryl methyl sites for hydroxylation is 1. The predicted octanol–water partition coefficient (Wildman–Crippen LogP) is 3.26. The van der Waals surface area contributed by atoms with E-state index in [4.69, 9.17) is 0 Å². The zero-order valence-corrected chi connectivity index (χ0v) is 16.1. The molecule has 3 aromatic rings. The van der Waals surface area contributed by atoms with Crippen molar-refractivity contribution in [3.8, 4) is 0 Å². The fourth-order valence-corrected chi connectivity index (χ4v) is 3.78. The Morgan fingerprint density at radius 3 is 2.32 bits per heavy atom. The molecule has 2 aromatic carbocycles. The van der Waals surface area contributed by atoms with Crippen LogP contribution in [0.15, 0.2) is 54.7 Å². The standard InChI is InChI=1S/C23H25N3O2/c1-2-17-7-9-18(10-8-17)23(28)26-13-11-25(12-14-26)22(27)15-19-16-24-21-6-4-3-5-20(19)21/h3-10,16,24H,2,11-15H2,1H3. The van der Waals surface area contributed by atoms with E-state index in [1.165, 1.54) is 5.56 Å². The van der Waals surface area contributed by atoms with Gasteiger partial charge in [0.05, 0.1) is 6.42 Å². The molecule has 1 N–H and O–H groups in total. The monoisotopic (exact) mass is 375 g/mol. The number of benzene rings is 2. The number of fused-ring (bicyclic) bond motifs is 1. The number of aromatic amines is 1. The van der Waals surface area contributed by atoms with Crippen molar-refractivity contribution in [1.29, 1.82) is 0 Å². The lowest BCUT2D eigenvalue weighted by atomic mass is 10.1. The molecule has 1 fully saturated rings. The molecule has 0 bridgehead atoms. The van der Waals surface area contributed by atoms with Crippen LogP contribution in [0.25, 0.3) is 10.9 Å². The van der Waals surface area contributed by atoms with Crippen LogP contribution in [0.4, 0.5) is 0 Å². The second kappa shape index (κ2) is 7.89. The molecule has 5 heteroatoms. The number of H-pyrrole nitrogens is 1. The summed E-state index contributed by atoms with van der Waals surface area (Å²) in [5, 5.41) is 1.10. The molecule has 144 valence electrons. The fourth-order valence-electron chi connectivity index (χ4n) is 3.78. The van der Waals surface area contributed by atoms with Gasteiger partial charge in [-0.2, -0.15) is 0 Å². The minimum atomic E-state index is 0.0476. The van der Waals surface area contributed by atoms with E-state index >= 15 is 0 Å². The molecule has 2 heterocycles. The summed E-state index contributed by atoms with van der Waals surface area (Å²) in [6, 6.07) is 15.8. The summed E-state index contributed by atoms with van der Waals surface area (Å²) in [7, 11) is 0. The second-order valence-corrected chi connectivity index (χ2v) is 7.26. The summed E-state index contributed by atoms with van der Waals surface area (Å²) in [5.74, 6) is 0.163. The van der Waals surface area contributed by atoms with Gasteiger partial charge in [0.25, 0.3) is 5.91 Å².